The van der Waals surface area contributed by atoms with Crippen molar-refractivity contribution >= 4 is 17.3 Å². The third-order valence-corrected chi connectivity index (χ3v) is 2.07. The molecule has 0 saturated carbocycles. The second-order valence-electron chi connectivity index (χ2n) is 3.29. The molecule has 1 rings (SSSR count). The number of aromatic nitrogens is 1. The van der Waals surface area contributed by atoms with Crippen LogP contribution >= 0.6 is 0 Å². The fourth-order valence-corrected chi connectivity index (χ4v) is 1.05. The summed E-state index contributed by atoms with van der Waals surface area (Å²) in [6.45, 7) is 2.45. The second kappa shape index (κ2) is 5.26. The molecule has 0 radical (unpaired) electrons. The molecule has 1 aromatic heterocycles. The van der Waals surface area contributed by atoms with Gasteiger partial charge in [-0.25, -0.2) is 4.98 Å². The topological polar surface area (TPSA) is 103 Å². The maximum Gasteiger partial charge on any atom is 0.311 e. The number of anilines is 2. The lowest BCUT2D eigenvalue weighted by atomic mass is 10.3. The molecule has 7 heteroatoms. The number of nitrogens with zero attached hydrogens (tertiary/aromatic N) is 2. The SMILES string of the molecule is COC(C)CNc1ccc([N+](=O)[O-])c(N)n1. The molecule has 0 aliphatic rings. The van der Waals surface area contributed by atoms with Gasteiger partial charge in [-0.15, -0.1) is 0 Å². The van der Waals surface area contributed by atoms with Crippen molar-refractivity contribution in [3.63, 3.8) is 0 Å². The van der Waals surface area contributed by atoms with Crippen molar-refractivity contribution in [2.75, 3.05) is 24.7 Å². The van der Waals surface area contributed by atoms with Crippen LogP contribution in [-0.2, 0) is 4.74 Å². The quantitative estimate of drug-likeness (QED) is 0.573. The van der Waals surface area contributed by atoms with Crippen LogP contribution in [-0.4, -0.2) is 29.7 Å². The zero-order chi connectivity index (χ0) is 12.1. The molecule has 0 spiro atoms. The molecule has 16 heavy (non-hydrogen) atoms. The largest absolute Gasteiger partial charge is 0.380 e. The highest BCUT2D eigenvalue weighted by atomic mass is 16.6. The van der Waals surface area contributed by atoms with Crippen LogP contribution in [0.1, 0.15) is 6.92 Å². The van der Waals surface area contributed by atoms with Crippen molar-refractivity contribution < 1.29 is 9.66 Å². The molecule has 3 N–H and O–H groups in total. The zero-order valence-corrected chi connectivity index (χ0v) is 9.14. The molecule has 7 nitrogen and oxygen atoms in total. The van der Waals surface area contributed by atoms with Crippen LogP contribution in [0.4, 0.5) is 17.3 Å². The van der Waals surface area contributed by atoms with E-state index in [1.807, 2.05) is 6.92 Å². The third kappa shape index (κ3) is 3.06. The molecule has 0 saturated heterocycles. The number of methoxy groups -OCH3 is 1. The number of rotatable bonds is 5. The number of hydrogen-bond donors (Lipinski definition) is 2. The summed E-state index contributed by atoms with van der Waals surface area (Å²) >= 11 is 0. The summed E-state index contributed by atoms with van der Waals surface area (Å²) in [5.74, 6) is 0.395. The predicted molar refractivity (Wildman–Crippen MR) is 60.3 cm³/mol. The van der Waals surface area contributed by atoms with Gasteiger partial charge in [0.15, 0.2) is 0 Å². The minimum absolute atomic E-state index is 0.0261. The second-order valence-corrected chi connectivity index (χ2v) is 3.29. The van der Waals surface area contributed by atoms with Gasteiger partial charge in [-0.05, 0) is 13.0 Å². The van der Waals surface area contributed by atoms with E-state index in [4.69, 9.17) is 10.5 Å². The van der Waals surface area contributed by atoms with Gasteiger partial charge in [0.05, 0.1) is 11.0 Å². The Bertz CT molecular complexity index is 383. The maximum atomic E-state index is 10.5. The molecule has 0 bridgehead atoms. The van der Waals surface area contributed by atoms with E-state index in [1.165, 1.54) is 12.1 Å². The monoisotopic (exact) mass is 226 g/mol. The summed E-state index contributed by atoms with van der Waals surface area (Å²) in [6, 6.07) is 2.83. The van der Waals surface area contributed by atoms with E-state index < -0.39 is 4.92 Å². The minimum atomic E-state index is -0.566. The Morgan fingerprint density at radius 1 is 1.69 bits per heavy atom. The van der Waals surface area contributed by atoms with Crippen molar-refractivity contribution in [1.82, 2.24) is 4.98 Å². The van der Waals surface area contributed by atoms with Gasteiger partial charge in [0.1, 0.15) is 5.82 Å². The molecule has 0 amide bonds. The smallest absolute Gasteiger partial charge is 0.311 e. The van der Waals surface area contributed by atoms with Crippen LogP contribution in [0.2, 0.25) is 0 Å². The lowest BCUT2D eigenvalue weighted by Gasteiger charge is -2.11. The fourth-order valence-electron chi connectivity index (χ4n) is 1.05. The van der Waals surface area contributed by atoms with E-state index >= 15 is 0 Å². The van der Waals surface area contributed by atoms with Gasteiger partial charge in [-0.3, -0.25) is 10.1 Å². The molecule has 88 valence electrons. The summed E-state index contributed by atoms with van der Waals surface area (Å²) in [7, 11) is 1.60. The summed E-state index contributed by atoms with van der Waals surface area (Å²) in [6.07, 6.45) is 0.0261. The van der Waals surface area contributed by atoms with Gasteiger partial charge in [0.25, 0.3) is 0 Å². The van der Waals surface area contributed by atoms with Gasteiger partial charge in [-0.2, -0.15) is 0 Å². The Morgan fingerprint density at radius 2 is 2.38 bits per heavy atom. The first-order valence-corrected chi connectivity index (χ1v) is 4.72. The normalized spacial score (nSPS) is 12.1. The number of nitrogen functional groups attached to an aromatic ring is 1. The van der Waals surface area contributed by atoms with E-state index in [0.717, 1.165) is 0 Å². The van der Waals surface area contributed by atoms with Gasteiger partial charge >= 0.3 is 5.69 Å². The van der Waals surface area contributed by atoms with Crippen LogP contribution in [0.25, 0.3) is 0 Å². The molecule has 1 aromatic rings. The maximum absolute atomic E-state index is 10.5. The first kappa shape index (κ1) is 12.2. The number of nitro groups is 1. The molecular formula is C9H14N4O3. The van der Waals surface area contributed by atoms with Gasteiger partial charge in [0.2, 0.25) is 5.82 Å². The number of nitrogens with one attached hydrogen (secondary N) is 1. The predicted octanol–water partition coefficient (Wildman–Crippen LogP) is 1.02. The van der Waals surface area contributed by atoms with Gasteiger partial charge in [0, 0.05) is 19.7 Å². The zero-order valence-electron chi connectivity index (χ0n) is 9.14. The molecule has 0 fully saturated rings. The first-order valence-electron chi connectivity index (χ1n) is 4.72. The average Bonchev–Trinajstić information content (AvgIpc) is 2.25. The van der Waals surface area contributed by atoms with Gasteiger partial charge in [-0.1, -0.05) is 0 Å². The molecule has 1 atom stereocenters. The van der Waals surface area contributed by atoms with Crippen molar-refractivity contribution in [2.45, 2.75) is 13.0 Å². The minimum Gasteiger partial charge on any atom is -0.380 e. The standard InChI is InChI=1S/C9H14N4O3/c1-6(16-2)5-11-8-4-3-7(13(14)15)9(10)12-8/h3-4,6H,5H2,1-2H3,(H3,10,11,12). The fraction of sp³-hybridized carbons (Fsp3) is 0.444. The van der Waals surface area contributed by atoms with Gasteiger partial charge < -0.3 is 15.8 Å². The van der Waals surface area contributed by atoms with Crippen LogP contribution in [0.3, 0.4) is 0 Å². The molecule has 1 unspecified atom stereocenters. The van der Waals surface area contributed by atoms with Crippen molar-refractivity contribution in [1.29, 1.82) is 0 Å². The molecular weight excluding hydrogens is 212 g/mol. The molecule has 0 aromatic carbocycles. The van der Waals surface area contributed by atoms with E-state index in [0.29, 0.717) is 12.4 Å². The number of ether oxygens (including phenoxy) is 1. The van der Waals surface area contributed by atoms with E-state index in [1.54, 1.807) is 7.11 Å². The van der Waals surface area contributed by atoms with Crippen LogP contribution in [0.5, 0.6) is 0 Å². The summed E-state index contributed by atoms with van der Waals surface area (Å²) in [5.41, 5.74) is 5.25. The van der Waals surface area contributed by atoms with Crippen molar-refractivity contribution in [3.05, 3.63) is 22.2 Å². The lowest BCUT2D eigenvalue weighted by molar-refractivity contribution is -0.384. The highest BCUT2D eigenvalue weighted by Crippen LogP contribution is 2.20. The highest BCUT2D eigenvalue weighted by molar-refractivity contribution is 5.57. The van der Waals surface area contributed by atoms with E-state index in [2.05, 4.69) is 10.3 Å². The van der Waals surface area contributed by atoms with Crippen molar-refractivity contribution in [2.24, 2.45) is 0 Å². The third-order valence-electron chi connectivity index (χ3n) is 2.07. The Labute approximate surface area is 92.8 Å². The highest BCUT2D eigenvalue weighted by Gasteiger charge is 2.12. The lowest BCUT2D eigenvalue weighted by Crippen LogP contribution is -2.18. The summed E-state index contributed by atoms with van der Waals surface area (Å²) in [4.78, 5) is 13.8. The Hall–Kier alpha value is -1.89. The number of pyridine rings is 1. The average molecular weight is 226 g/mol. The summed E-state index contributed by atoms with van der Waals surface area (Å²) < 4.78 is 5.03. The summed E-state index contributed by atoms with van der Waals surface area (Å²) in [5, 5.41) is 13.5. The first-order chi connectivity index (χ1) is 7.54. The molecule has 0 aliphatic carbocycles. The molecule has 0 aliphatic heterocycles. The molecule has 1 heterocycles. The van der Waals surface area contributed by atoms with Crippen LogP contribution < -0.4 is 11.1 Å². The Balaban J connectivity index is 2.70. The van der Waals surface area contributed by atoms with E-state index in [9.17, 15) is 10.1 Å². The van der Waals surface area contributed by atoms with Crippen molar-refractivity contribution in [3.8, 4) is 0 Å². The van der Waals surface area contributed by atoms with Crippen LogP contribution in [0.15, 0.2) is 12.1 Å². The number of hydrogen-bond acceptors (Lipinski definition) is 6. The Morgan fingerprint density at radius 3 is 2.88 bits per heavy atom. The van der Waals surface area contributed by atoms with E-state index in [-0.39, 0.29) is 17.6 Å². The number of nitrogens with two attached hydrogens (primary N) is 1. The Kier molecular flexibility index (Phi) is 4.01. The van der Waals surface area contributed by atoms with Crippen LogP contribution in [0, 0.1) is 10.1 Å².